The summed E-state index contributed by atoms with van der Waals surface area (Å²) in [7, 11) is 0. The molecule has 3 aromatic rings. The number of carbonyl (C=O) groups is 2. The lowest BCUT2D eigenvalue weighted by Crippen LogP contribution is -2.22. The van der Waals surface area contributed by atoms with Crippen molar-refractivity contribution in [2.24, 2.45) is 5.73 Å². The average Bonchev–Trinajstić information content (AvgIpc) is 2.62. The van der Waals surface area contributed by atoms with Crippen molar-refractivity contribution >= 4 is 40.2 Å². The number of aromatic nitrogens is 1. The zero-order chi connectivity index (χ0) is 17.8. The van der Waals surface area contributed by atoms with Crippen molar-refractivity contribution in [1.82, 2.24) is 4.98 Å². The minimum Gasteiger partial charge on any atom is -0.366 e. The number of nitrogens with one attached hydrogen (secondary N) is 1. The van der Waals surface area contributed by atoms with Crippen LogP contribution in [-0.2, 0) is 4.79 Å². The lowest BCUT2D eigenvalue weighted by atomic mass is 10.2. The van der Waals surface area contributed by atoms with Crippen LogP contribution in [0.1, 0.15) is 17.3 Å². The first kappa shape index (κ1) is 17.0. The van der Waals surface area contributed by atoms with E-state index in [4.69, 9.17) is 5.73 Å². The van der Waals surface area contributed by atoms with Gasteiger partial charge in [0, 0.05) is 16.6 Å². The lowest BCUT2D eigenvalue weighted by Gasteiger charge is -2.12. The molecule has 0 unspecified atom stereocenters. The average molecular weight is 351 g/mol. The van der Waals surface area contributed by atoms with Crippen LogP contribution < -0.4 is 11.1 Å². The van der Waals surface area contributed by atoms with Gasteiger partial charge in [-0.1, -0.05) is 36.0 Å². The van der Waals surface area contributed by atoms with Crippen molar-refractivity contribution < 1.29 is 9.59 Å². The SMILES string of the molecule is C[C@@H](Sc1ccc2ccccc2n1)C(=O)Nc1ccc(C(N)=O)cc1. The number of rotatable bonds is 5. The number of anilines is 1. The topological polar surface area (TPSA) is 85.1 Å². The Morgan fingerprint density at radius 3 is 2.48 bits per heavy atom. The molecular weight excluding hydrogens is 334 g/mol. The van der Waals surface area contributed by atoms with E-state index in [2.05, 4.69) is 10.3 Å². The number of para-hydroxylation sites is 1. The van der Waals surface area contributed by atoms with Crippen molar-refractivity contribution in [1.29, 1.82) is 0 Å². The monoisotopic (exact) mass is 351 g/mol. The molecule has 0 aliphatic rings. The minimum atomic E-state index is -0.496. The van der Waals surface area contributed by atoms with E-state index in [0.29, 0.717) is 11.3 Å². The number of benzene rings is 2. The summed E-state index contributed by atoms with van der Waals surface area (Å²) in [4.78, 5) is 28.0. The second kappa shape index (κ2) is 7.36. The standard InChI is InChI=1S/C19H17N3O2S/c1-12(19(24)21-15-9-6-14(7-10-15)18(20)23)25-17-11-8-13-4-2-3-5-16(13)22-17/h2-12H,1H3,(H2,20,23)(H,21,24)/t12-/m1/s1. The van der Waals surface area contributed by atoms with Gasteiger partial charge in [-0.25, -0.2) is 4.98 Å². The van der Waals surface area contributed by atoms with Crippen molar-refractivity contribution in [2.45, 2.75) is 17.2 Å². The van der Waals surface area contributed by atoms with Crippen LogP contribution in [0.5, 0.6) is 0 Å². The lowest BCUT2D eigenvalue weighted by molar-refractivity contribution is -0.115. The highest BCUT2D eigenvalue weighted by Crippen LogP contribution is 2.24. The number of thioether (sulfide) groups is 1. The zero-order valence-electron chi connectivity index (χ0n) is 13.6. The molecule has 0 radical (unpaired) electrons. The van der Waals surface area contributed by atoms with Gasteiger partial charge in [0.2, 0.25) is 11.8 Å². The van der Waals surface area contributed by atoms with Gasteiger partial charge in [0.1, 0.15) is 0 Å². The normalized spacial score (nSPS) is 11.9. The van der Waals surface area contributed by atoms with Crippen LogP contribution in [-0.4, -0.2) is 22.0 Å². The maximum Gasteiger partial charge on any atom is 0.248 e. The molecule has 1 atom stereocenters. The van der Waals surface area contributed by atoms with E-state index in [1.807, 2.05) is 43.3 Å². The summed E-state index contributed by atoms with van der Waals surface area (Å²) in [6.07, 6.45) is 0. The van der Waals surface area contributed by atoms with Crippen LogP contribution in [0.3, 0.4) is 0 Å². The Morgan fingerprint density at radius 2 is 1.76 bits per heavy atom. The molecule has 0 spiro atoms. The van der Waals surface area contributed by atoms with Crippen LogP contribution in [0.25, 0.3) is 10.9 Å². The Morgan fingerprint density at radius 1 is 1.04 bits per heavy atom. The Balaban J connectivity index is 1.66. The number of fused-ring (bicyclic) bond motifs is 1. The highest BCUT2D eigenvalue weighted by atomic mass is 32.2. The Bertz CT molecular complexity index is 925. The van der Waals surface area contributed by atoms with Crippen LogP contribution in [0.15, 0.2) is 65.7 Å². The Kier molecular flexibility index (Phi) is 5.00. The van der Waals surface area contributed by atoms with Gasteiger partial charge in [-0.2, -0.15) is 0 Å². The van der Waals surface area contributed by atoms with Crippen LogP contribution in [0.2, 0.25) is 0 Å². The van der Waals surface area contributed by atoms with Gasteiger partial charge >= 0.3 is 0 Å². The number of hydrogen-bond acceptors (Lipinski definition) is 4. The van der Waals surface area contributed by atoms with Gasteiger partial charge in [-0.15, -0.1) is 0 Å². The van der Waals surface area contributed by atoms with E-state index < -0.39 is 5.91 Å². The zero-order valence-corrected chi connectivity index (χ0v) is 14.4. The molecule has 0 aliphatic heterocycles. The molecule has 2 amide bonds. The molecule has 1 aromatic heterocycles. The van der Waals surface area contributed by atoms with E-state index in [1.165, 1.54) is 11.8 Å². The molecule has 6 heteroatoms. The molecule has 0 saturated heterocycles. The largest absolute Gasteiger partial charge is 0.366 e. The summed E-state index contributed by atoms with van der Waals surface area (Å²) in [6, 6.07) is 18.3. The first-order chi connectivity index (χ1) is 12.0. The molecular formula is C19H17N3O2S. The predicted molar refractivity (Wildman–Crippen MR) is 101 cm³/mol. The molecule has 3 N–H and O–H groups in total. The minimum absolute atomic E-state index is 0.133. The smallest absolute Gasteiger partial charge is 0.248 e. The van der Waals surface area contributed by atoms with Gasteiger partial charge in [0.25, 0.3) is 0 Å². The van der Waals surface area contributed by atoms with Crippen LogP contribution >= 0.6 is 11.8 Å². The van der Waals surface area contributed by atoms with Crippen molar-refractivity contribution in [3.63, 3.8) is 0 Å². The fourth-order valence-electron chi connectivity index (χ4n) is 2.31. The molecule has 25 heavy (non-hydrogen) atoms. The summed E-state index contributed by atoms with van der Waals surface area (Å²) in [5, 5.41) is 4.38. The second-order valence-corrected chi connectivity index (χ2v) is 6.89. The Labute approximate surface area is 149 Å². The highest BCUT2D eigenvalue weighted by Gasteiger charge is 2.15. The molecule has 5 nitrogen and oxygen atoms in total. The molecule has 3 rings (SSSR count). The first-order valence-corrected chi connectivity index (χ1v) is 8.64. The number of nitrogens with zero attached hydrogens (tertiary/aromatic N) is 1. The summed E-state index contributed by atoms with van der Waals surface area (Å²) >= 11 is 1.40. The maximum atomic E-state index is 12.3. The summed E-state index contributed by atoms with van der Waals surface area (Å²) < 4.78 is 0. The van der Waals surface area contributed by atoms with Gasteiger partial charge in [0.05, 0.1) is 15.8 Å². The molecule has 0 bridgehead atoms. The van der Waals surface area contributed by atoms with E-state index in [0.717, 1.165) is 15.9 Å². The number of pyridine rings is 1. The predicted octanol–water partition coefficient (Wildman–Crippen LogP) is 3.45. The third kappa shape index (κ3) is 4.16. The van der Waals surface area contributed by atoms with Gasteiger partial charge in [-0.05, 0) is 43.3 Å². The highest BCUT2D eigenvalue weighted by molar-refractivity contribution is 8.00. The van der Waals surface area contributed by atoms with E-state index >= 15 is 0 Å². The number of amides is 2. The third-order valence-corrected chi connectivity index (χ3v) is 4.71. The van der Waals surface area contributed by atoms with Crippen molar-refractivity contribution in [3.05, 3.63) is 66.2 Å². The fraction of sp³-hybridized carbons (Fsp3) is 0.105. The maximum absolute atomic E-state index is 12.3. The van der Waals surface area contributed by atoms with Gasteiger partial charge in [-0.3, -0.25) is 9.59 Å². The number of hydrogen-bond donors (Lipinski definition) is 2. The number of carbonyl (C=O) groups excluding carboxylic acids is 2. The van der Waals surface area contributed by atoms with E-state index in [9.17, 15) is 9.59 Å². The van der Waals surface area contributed by atoms with Crippen molar-refractivity contribution in [2.75, 3.05) is 5.32 Å². The summed E-state index contributed by atoms with van der Waals surface area (Å²) in [5.74, 6) is -0.629. The first-order valence-electron chi connectivity index (χ1n) is 7.76. The summed E-state index contributed by atoms with van der Waals surface area (Å²) in [5.41, 5.74) is 7.13. The quantitative estimate of drug-likeness (QED) is 0.690. The van der Waals surface area contributed by atoms with E-state index in [1.54, 1.807) is 24.3 Å². The van der Waals surface area contributed by atoms with Crippen LogP contribution in [0.4, 0.5) is 5.69 Å². The van der Waals surface area contributed by atoms with E-state index in [-0.39, 0.29) is 11.2 Å². The molecule has 0 saturated carbocycles. The molecule has 0 aliphatic carbocycles. The second-order valence-electron chi connectivity index (χ2n) is 5.53. The number of nitrogens with two attached hydrogens (primary N) is 1. The molecule has 1 heterocycles. The molecule has 126 valence electrons. The van der Waals surface area contributed by atoms with Gasteiger partial charge in [0.15, 0.2) is 0 Å². The van der Waals surface area contributed by atoms with Crippen molar-refractivity contribution in [3.8, 4) is 0 Å². The van der Waals surface area contributed by atoms with Crippen LogP contribution in [0, 0.1) is 0 Å². The molecule has 2 aromatic carbocycles. The fourth-order valence-corrected chi connectivity index (χ4v) is 3.14. The third-order valence-electron chi connectivity index (χ3n) is 3.68. The Hall–Kier alpha value is -2.86. The van der Waals surface area contributed by atoms with Gasteiger partial charge < -0.3 is 11.1 Å². The summed E-state index contributed by atoms with van der Waals surface area (Å²) in [6.45, 7) is 1.83. The molecule has 0 fully saturated rings. The number of primary amides is 1.